The highest BCUT2D eigenvalue weighted by molar-refractivity contribution is 5.77. The third-order valence-corrected chi connectivity index (χ3v) is 3.68. The number of benzene rings is 1. The van der Waals surface area contributed by atoms with E-state index in [-0.39, 0.29) is 11.5 Å². The smallest absolute Gasteiger partial charge is 0.313 e. The van der Waals surface area contributed by atoms with E-state index < -0.39 is 5.92 Å². The van der Waals surface area contributed by atoms with Crippen molar-refractivity contribution in [2.45, 2.75) is 32.2 Å². The third-order valence-electron chi connectivity index (χ3n) is 3.68. The molecule has 0 saturated carbocycles. The number of nitrogens with zero attached hydrogens (tertiary/aromatic N) is 1. The van der Waals surface area contributed by atoms with Crippen molar-refractivity contribution in [3.63, 3.8) is 0 Å². The van der Waals surface area contributed by atoms with Crippen molar-refractivity contribution in [1.29, 1.82) is 0 Å². The Morgan fingerprint density at radius 2 is 1.91 bits per heavy atom. The highest BCUT2D eigenvalue weighted by Gasteiger charge is 2.23. The number of hydrogen-bond acceptors (Lipinski definition) is 3. The maximum Gasteiger partial charge on any atom is 0.313 e. The first-order chi connectivity index (χ1) is 10.7. The molecular weight excluding hydrogens is 278 g/mol. The summed E-state index contributed by atoms with van der Waals surface area (Å²) in [6.07, 6.45) is 3.17. The molecule has 0 radical (unpaired) electrons. The largest absolute Gasteiger partial charge is 0.469 e. The molecule has 1 aromatic carbocycles. The fourth-order valence-corrected chi connectivity index (χ4v) is 2.56. The van der Waals surface area contributed by atoms with E-state index in [1.165, 1.54) is 7.11 Å². The number of carbonyl (C=O) groups excluding carboxylic acids is 1. The maximum atomic E-state index is 12.7. The average Bonchev–Trinajstić information content (AvgIpc) is 2.55. The van der Waals surface area contributed by atoms with Gasteiger partial charge in [-0.25, -0.2) is 0 Å². The summed E-state index contributed by atoms with van der Waals surface area (Å²) in [6, 6.07) is 13.3. The zero-order valence-electron chi connectivity index (χ0n) is 13.0. The van der Waals surface area contributed by atoms with Gasteiger partial charge in [0, 0.05) is 11.8 Å². The lowest BCUT2D eigenvalue weighted by molar-refractivity contribution is -0.142. The van der Waals surface area contributed by atoms with Crippen LogP contribution in [0.1, 0.15) is 36.8 Å². The molecule has 0 aliphatic rings. The Labute approximate surface area is 130 Å². The van der Waals surface area contributed by atoms with Crippen molar-refractivity contribution >= 4 is 5.97 Å². The van der Waals surface area contributed by atoms with E-state index >= 15 is 0 Å². The summed E-state index contributed by atoms with van der Waals surface area (Å²) in [7, 11) is 1.36. The van der Waals surface area contributed by atoms with Crippen LogP contribution in [-0.2, 0) is 16.1 Å². The quantitative estimate of drug-likeness (QED) is 0.771. The normalized spacial score (nSPS) is 11.9. The molecule has 0 fully saturated rings. The van der Waals surface area contributed by atoms with Gasteiger partial charge in [-0.05, 0) is 18.1 Å². The molecule has 1 unspecified atom stereocenters. The summed E-state index contributed by atoms with van der Waals surface area (Å²) in [5.41, 5.74) is 1.43. The lowest BCUT2D eigenvalue weighted by Crippen LogP contribution is -2.28. The van der Waals surface area contributed by atoms with Gasteiger partial charge in [0.15, 0.2) is 0 Å². The number of ether oxygens (including phenoxy) is 1. The zero-order valence-corrected chi connectivity index (χ0v) is 13.0. The molecule has 0 aliphatic carbocycles. The second-order valence-corrected chi connectivity index (χ2v) is 5.25. The van der Waals surface area contributed by atoms with Crippen molar-refractivity contribution < 1.29 is 9.53 Å². The van der Waals surface area contributed by atoms with Crippen LogP contribution in [0.15, 0.2) is 53.5 Å². The van der Waals surface area contributed by atoms with E-state index in [9.17, 15) is 9.59 Å². The molecular formula is C18H21NO3. The summed E-state index contributed by atoms with van der Waals surface area (Å²) < 4.78 is 6.48. The van der Waals surface area contributed by atoms with Gasteiger partial charge >= 0.3 is 5.97 Å². The predicted molar refractivity (Wildman–Crippen MR) is 85.9 cm³/mol. The third kappa shape index (κ3) is 3.64. The first kappa shape index (κ1) is 16.0. The first-order valence-electron chi connectivity index (χ1n) is 7.48. The molecule has 0 saturated heterocycles. The molecule has 1 heterocycles. The number of carbonyl (C=O) groups is 1. The molecule has 1 atom stereocenters. The molecule has 0 N–H and O–H groups in total. The fourth-order valence-electron chi connectivity index (χ4n) is 2.56. The Hall–Kier alpha value is -2.36. The van der Waals surface area contributed by atoms with Crippen LogP contribution in [0, 0.1) is 0 Å². The standard InChI is InChI=1S/C18H21NO3/c1-3-8-16(18(21)22-2)15-11-7-12-19(17(15)20)13-14-9-5-4-6-10-14/h4-7,9-12,16H,3,8,13H2,1-2H3. The molecule has 2 aromatic rings. The number of methoxy groups -OCH3 is 1. The van der Waals surface area contributed by atoms with E-state index in [0.29, 0.717) is 18.5 Å². The number of aromatic nitrogens is 1. The van der Waals surface area contributed by atoms with Gasteiger partial charge < -0.3 is 9.30 Å². The molecule has 0 bridgehead atoms. The Balaban J connectivity index is 2.36. The van der Waals surface area contributed by atoms with Crippen LogP contribution in [0.25, 0.3) is 0 Å². The molecule has 4 heteroatoms. The topological polar surface area (TPSA) is 48.3 Å². The number of rotatable bonds is 6. The summed E-state index contributed by atoms with van der Waals surface area (Å²) in [4.78, 5) is 24.6. The Bertz CT molecular complexity index is 676. The Kier molecular flexibility index (Phi) is 5.53. The van der Waals surface area contributed by atoms with Gasteiger partial charge in [0.05, 0.1) is 19.6 Å². The summed E-state index contributed by atoms with van der Waals surface area (Å²) in [6.45, 7) is 2.48. The number of pyridine rings is 1. The molecule has 2 rings (SSSR count). The van der Waals surface area contributed by atoms with Crippen molar-refractivity contribution in [2.75, 3.05) is 7.11 Å². The fraction of sp³-hybridized carbons (Fsp3) is 0.333. The van der Waals surface area contributed by atoms with Crippen LogP contribution in [0.3, 0.4) is 0 Å². The zero-order chi connectivity index (χ0) is 15.9. The van der Waals surface area contributed by atoms with E-state index in [1.54, 1.807) is 16.8 Å². The minimum atomic E-state index is -0.495. The van der Waals surface area contributed by atoms with Crippen LogP contribution in [0.2, 0.25) is 0 Å². The summed E-state index contributed by atoms with van der Waals surface area (Å²) >= 11 is 0. The van der Waals surface area contributed by atoms with Crippen molar-refractivity contribution in [1.82, 2.24) is 4.57 Å². The lowest BCUT2D eigenvalue weighted by atomic mass is 9.95. The Morgan fingerprint density at radius 1 is 1.18 bits per heavy atom. The van der Waals surface area contributed by atoms with Crippen LogP contribution in [-0.4, -0.2) is 17.6 Å². The van der Waals surface area contributed by atoms with Gasteiger partial charge in [-0.3, -0.25) is 9.59 Å². The minimum absolute atomic E-state index is 0.129. The number of esters is 1. The van der Waals surface area contributed by atoms with Gasteiger partial charge in [0.25, 0.3) is 5.56 Å². The van der Waals surface area contributed by atoms with Crippen LogP contribution >= 0.6 is 0 Å². The van der Waals surface area contributed by atoms with E-state index in [0.717, 1.165) is 12.0 Å². The van der Waals surface area contributed by atoms with Crippen molar-refractivity contribution in [3.8, 4) is 0 Å². The molecule has 0 amide bonds. The van der Waals surface area contributed by atoms with E-state index in [1.807, 2.05) is 43.3 Å². The first-order valence-corrected chi connectivity index (χ1v) is 7.48. The molecule has 0 aliphatic heterocycles. The molecule has 116 valence electrons. The maximum absolute atomic E-state index is 12.7. The minimum Gasteiger partial charge on any atom is -0.469 e. The SMILES string of the molecule is CCCC(C(=O)OC)c1cccn(Cc2ccccc2)c1=O. The van der Waals surface area contributed by atoms with Crippen LogP contribution < -0.4 is 5.56 Å². The van der Waals surface area contributed by atoms with Gasteiger partial charge in [-0.1, -0.05) is 49.7 Å². The highest BCUT2D eigenvalue weighted by Crippen LogP contribution is 2.19. The van der Waals surface area contributed by atoms with Crippen LogP contribution in [0.4, 0.5) is 0 Å². The summed E-state index contributed by atoms with van der Waals surface area (Å²) in [5.74, 6) is -0.845. The van der Waals surface area contributed by atoms with Gasteiger partial charge in [0.1, 0.15) is 0 Å². The molecule has 4 nitrogen and oxygen atoms in total. The predicted octanol–water partition coefficient (Wildman–Crippen LogP) is 2.95. The van der Waals surface area contributed by atoms with Crippen molar-refractivity contribution in [3.05, 3.63) is 70.1 Å². The molecule has 0 spiro atoms. The van der Waals surface area contributed by atoms with Gasteiger partial charge in [-0.2, -0.15) is 0 Å². The number of hydrogen-bond donors (Lipinski definition) is 0. The second-order valence-electron chi connectivity index (χ2n) is 5.25. The van der Waals surface area contributed by atoms with E-state index in [4.69, 9.17) is 4.74 Å². The second kappa shape index (κ2) is 7.59. The highest BCUT2D eigenvalue weighted by atomic mass is 16.5. The monoisotopic (exact) mass is 299 g/mol. The van der Waals surface area contributed by atoms with E-state index in [2.05, 4.69) is 0 Å². The molecule has 22 heavy (non-hydrogen) atoms. The van der Waals surface area contributed by atoms with Crippen molar-refractivity contribution in [2.24, 2.45) is 0 Å². The van der Waals surface area contributed by atoms with Gasteiger partial charge in [0.2, 0.25) is 0 Å². The van der Waals surface area contributed by atoms with Gasteiger partial charge in [-0.15, -0.1) is 0 Å². The average molecular weight is 299 g/mol. The Morgan fingerprint density at radius 3 is 2.55 bits per heavy atom. The summed E-state index contributed by atoms with van der Waals surface area (Å²) in [5, 5.41) is 0. The lowest BCUT2D eigenvalue weighted by Gasteiger charge is -2.15. The van der Waals surface area contributed by atoms with Crippen LogP contribution in [0.5, 0.6) is 0 Å². The molecule has 1 aromatic heterocycles.